The molecule has 0 bridgehead atoms. The maximum atomic E-state index is 5.60. The Labute approximate surface area is 120 Å². The first-order valence-corrected chi connectivity index (χ1v) is 7.47. The monoisotopic (exact) mass is 282 g/mol. The molecular formula is C14H26N4O2. The zero-order chi connectivity index (χ0) is 14.4. The van der Waals surface area contributed by atoms with Gasteiger partial charge < -0.3 is 19.4 Å². The van der Waals surface area contributed by atoms with Gasteiger partial charge in [0.15, 0.2) is 0 Å². The highest BCUT2D eigenvalue weighted by molar-refractivity contribution is 5.21. The van der Waals surface area contributed by atoms with E-state index in [2.05, 4.69) is 29.4 Å². The molecular weight excluding hydrogens is 256 g/mol. The average molecular weight is 282 g/mol. The van der Waals surface area contributed by atoms with Gasteiger partial charge in [0.2, 0.25) is 5.89 Å². The van der Waals surface area contributed by atoms with E-state index in [-0.39, 0.29) is 0 Å². The molecule has 0 amide bonds. The number of anilines is 1. The van der Waals surface area contributed by atoms with E-state index < -0.39 is 0 Å². The highest BCUT2D eigenvalue weighted by Gasteiger charge is 2.21. The van der Waals surface area contributed by atoms with Gasteiger partial charge in [0.1, 0.15) is 0 Å². The predicted octanol–water partition coefficient (Wildman–Crippen LogP) is 1.68. The molecule has 1 aromatic rings. The minimum atomic E-state index is 0.557. The van der Waals surface area contributed by atoms with E-state index in [1.54, 1.807) is 0 Å². The Morgan fingerprint density at radius 1 is 1.40 bits per heavy atom. The van der Waals surface area contributed by atoms with Crippen molar-refractivity contribution in [1.82, 2.24) is 15.5 Å². The van der Waals surface area contributed by atoms with Crippen molar-refractivity contribution in [2.75, 3.05) is 38.3 Å². The fraction of sp³-hybridized carbons (Fsp3) is 0.857. The normalized spacial score (nSPS) is 15.0. The molecule has 0 saturated heterocycles. The molecule has 0 radical (unpaired) electrons. The van der Waals surface area contributed by atoms with Crippen molar-refractivity contribution in [3.8, 4) is 0 Å². The largest absolute Gasteiger partial charge is 0.407 e. The third kappa shape index (κ3) is 5.46. The second-order valence-corrected chi connectivity index (χ2v) is 5.94. The first-order valence-electron chi connectivity index (χ1n) is 7.47. The molecule has 0 aromatic carbocycles. The quantitative estimate of drug-likeness (QED) is 0.659. The summed E-state index contributed by atoms with van der Waals surface area (Å²) < 4.78 is 11.2. The summed E-state index contributed by atoms with van der Waals surface area (Å²) >= 11 is 0. The highest BCUT2D eigenvalue weighted by atomic mass is 16.5. The number of nitrogens with zero attached hydrogens (tertiary/aromatic N) is 3. The van der Waals surface area contributed by atoms with Crippen molar-refractivity contribution in [2.24, 2.45) is 11.8 Å². The Bertz CT molecular complexity index is 390. The summed E-state index contributed by atoms with van der Waals surface area (Å²) in [4.78, 5) is 1.94. The molecule has 2 rings (SSSR count). The van der Waals surface area contributed by atoms with E-state index >= 15 is 0 Å². The summed E-state index contributed by atoms with van der Waals surface area (Å²) in [5, 5.41) is 11.4. The van der Waals surface area contributed by atoms with Gasteiger partial charge in [-0.2, -0.15) is 0 Å². The number of nitrogens with one attached hydrogen (secondary N) is 1. The third-order valence-electron chi connectivity index (χ3n) is 3.23. The second kappa shape index (κ2) is 7.59. The van der Waals surface area contributed by atoms with E-state index in [9.17, 15) is 0 Å². The van der Waals surface area contributed by atoms with Gasteiger partial charge in [0.25, 0.3) is 0 Å². The molecule has 1 aliphatic carbocycles. The van der Waals surface area contributed by atoms with Crippen LogP contribution in [0.15, 0.2) is 4.42 Å². The molecule has 114 valence electrons. The molecule has 6 nitrogen and oxygen atoms in total. The molecule has 6 heteroatoms. The molecule has 1 saturated carbocycles. The first-order chi connectivity index (χ1) is 9.65. The molecule has 0 atom stereocenters. The number of aromatic nitrogens is 2. The SMILES string of the molecule is CC(C)CNCc1nnc(N(C)CCOCC2CC2)o1. The van der Waals surface area contributed by atoms with Crippen molar-refractivity contribution in [3.05, 3.63) is 5.89 Å². The summed E-state index contributed by atoms with van der Waals surface area (Å²) in [5.74, 6) is 2.05. The van der Waals surface area contributed by atoms with E-state index in [0.717, 1.165) is 25.6 Å². The summed E-state index contributed by atoms with van der Waals surface area (Å²) in [7, 11) is 1.94. The van der Waals surface area contributed by atoms with Crippen LogP contribution in [0.3, 0.4) is 0 Å². The average Bonchev–Trinajstić information content (AvgIpc) is 3.11. The van der Waals surface area contributed by atoms with E-state index in [1.165, 1.54) is 12.8 Å². The standard InChI is InChI=1S/C14H26N4O2/c1-11(2)8-15-9-13-16-17-14(20-13)18(3)6-7-19-10-12-4-5-12/h11-12,15H,4-10H2,1-3H3. The Morgan fingerprint density at radius 3 is 2.90 bits per heavy atom. The fourth-order valence-electron chi connectivity index (χ4n) is 1.77. The lowest BCUT2D eigenvalue weighted by molar-refractivity contribution is 0.130. The van der Waals surface area contributed by atoms with Crippen LogP contribution in [0.1, 0.15) is 32.6 Å². The Kier molecular flexibility index (Phi) is 5.79. The van der Waals surface area contributed by atoms with Gasteiger partial charge in [-0.1, -0.05) is 18.9 Å². The Hall–Kier alpha value is -1.14. The zero-order valence-corrected chi connectivity index (χ0v) is 12.8. The van der Waals surface area contributed by atoms with Crippen LogP contribution in [0.25, 0.3) is 0 Å². The van der Waals surface area contributed by atoms with Crippen LogP contribution < -0.4 is 10.2 Å². The summed E-state index contributed by atoms with van der Waals surface area (Å²) in [6.07, 6.45) is 2.65. The van der Waals surface area contributed by atoms with Crippen molar-refractivity contribution >= 4 is 6.01 Å². The first kappa shape index (κ1) is 15.3. The second-order valence-electron chi connectivity index (χ2n) is 5.94. The lowest BCUT2D eigenvalue weighted by Crippen LogP contribution is -2.23. The number of hydrogen-bond donors (Lipinski definition) is 1. The Morgan fingerprint density at radius 2 is 2.20 bits per heavy atom. The van der Waals surface area contributed by atoms with Gasteiger partial charge >= 0.3 is 6.01 Å². The maximum absolute atomic E-state index is 5.60. The molecule has 0 aliphatic heterocycles. The predicted molar refractivity (Wildman–Crippen MR) is 77.7 cm³/mol. The van der Waals surface area contributed by atoms with Crippen LogP contribution >= 0.6 is 0 Å². The van der Waals surface area contributed by atoms with Crippen LogP contribution in [0.2, 0.25) is 0 Å². The number of hydrogen-bond acceptors (Lipinski definition) is 6. The highest BCUT2D eigenvalue weighted by Crippen LogP contribution is 2.28. The van der Waals surface area contributed by atoms with Crippen LogP contribution in [-0.4, -0.2) is 43.5 Å². The fourth-order valence-corrected chi connectivity index (χ4v) is 1.77. The van der Waals surface area contributed by atoms with Crippen molar-refractivity contribution in [2.45, 2.75) is 33.2 Å². The molecule has 1 heterocycles. The molecule has 0 spiro atoms. The van der Waals surface area contributed by atoms with Crippen LogP contribution in [0, 0.1) is 11.8 Å². The lowest BCUT2D eigenvalue weighted by Gasteiger charge is -2.13. The van der Waals surface area contributed by atoms with Crippen LogP contribution in [0.4, 0.5) is 6.01 Å². The van der Waals surface area contributed by atoms with Gasteiger partial charge in [-0.15, -0.1) is 5.10 Å². The third-order valence-corrected chi connectivity index (χ3v) is 3.23. The van der Waals surface area contributed by atoms with E-state index in [1.807, 2.05) is 11.9 Å². The molecule has 1 aliphatic rings. The maximum Gasteiger partial charge on any atom is 0.318 e. The number of ether oxygens (including phenoxy) is 1. The summed E-state index contributed by atoms with van der Waals surface area (Å²) in [5.41, 5.74) is 0. The van der Waals surface area contributed by atoms with Crippen molar-refractivity contribution in [1.29, 1.82) is 0 Å². The molecule has 0 unspecified atom stereocenters. The van der Waals surface area contributed by atoms with Crippen molar-refractivity contribution < 1.29 is 9.15 Å². The van der Waals surface area contributed by atoms with Gasteiger partial charge in [0, 0.05) is 20.2 Å². The van der Waals surface area contributed by atoms with Crippen LogP contribution in [-0.2, 0) is 11.3 Å². The van der Waals surface area contributed by atoms with Gasteiger partial charge in [-0.05, 0) is 31.2 Å². The number of rotatable bonds is 10. The lowest BCUT2D eigenvalue weighted by atomic mass is 10.2. The molecule has 1 fully saturated rings. The van der Waals surface area contributed by atoms with Gasteiger partial charge in [-0.25, -0.2) is 0 Å². The van der Waals surface area contributed by atoms with Crippen LogP contribution in [0.5, 0.6) is 0 Å². The summed E-state index contributed by atoms with van der Waals surface area (Å²) in [6.45, 7) is 8.27. The van der Waals surface area contributed by atoms with E-state index in [0.29, 0.717) is 31.0 Å². The topological polar surface area (TPSA) is 63.4 Å². The van der Waals surface area contributed by atoms with E-state index in [4.69, 9.17) is 9.15 Å². The minimum Gasteiger partial charge on any atom is -0.407 e. The van der Waals surface area contributed by atoms with Gasteiger partial charge in [0.05, 0.1) is 13.2 Å². The number of likely N-dealkylation sites (N-methyl/N-ethyl adjacent to an activating group) is 1. The molecule has 20 heavy (non-hydrogen) atoms. The summed E-state index contributed by atoms with van der Waals surface area (Å²) in [6, 6.07) is 0.557. The zero-order valence-electron chi connectivity index (χ0n) is 12.8. The smallest absolute Gasteiger partial charge is 0.318 e. The molecule has 1 N–H and O–H groups in total. The molecule has 1 aromatic heterocycles. The van der Waals surface area contributed by atoms with Crippen molar-refractivity contribution in [3.63, 3.8) is 0 Å². The van der Waals surface area contributed by atoms with Gasteiger partial charge in [-0.3, -0.25) is 0 Å². The minimum absolute atomic E-state index is 0.557. The Balaban J connectivity index is 1.64.